The number of alkyl halides is 1. The summed E-state index contributed by atoms with van der Waals surface area (Å²) in [6.45, 7) is 1.50. The lowest BCUT2D eigenvalue weighted by atomic mass is 9.80. The highest BCUT2D eigenvalue weighted by Crippen LogP contribution is 2.37. The van der Waals surface area contributed by atoms with Crippen LogP contribution in [0.15, 0.2) is 84.0 Å². The first-order chi connectivity index (χ1) is 14.4. The summed E-state index contributed by atoms with van der Waals surface area (Å²) >= 11 is 6.41. The van der Waals surface area contributed by atoms with Crippen molar-refractivity contribution in [3.63, 3.8) is 0 Å². The molecule has 0 saturated heterocycles. The first-order valence-electron chi connectivity index (χ1n) is 9.40. The Morgan fingerprint density at radius 3 is 2.20 bits per heavy atom. The summed E-state index contributed by atoms with van der Waals surface area (Å²) in [7, 11) is 0. The molecule has 2 N–H and O–H groups in total. The van der Waals surface area contributed by atoms with Crippen LogP contribution in [0.25, 0.3) is 11.1 Å². The van der Waals surface area contributed by atoms with Crippen LogP contribution in [-0.2, 0) is 4.79 Å². The Bertz CT molecular complexity index is 1060. The van der Waals surface area contributed by atoms with Gasteiger partial charge >= 0.3 is 5.97 Å². The van der Waals surface area contributed by atoms with Gasteiger partial charge in [0.15, 0.2) is 0 Å². The molecule has 0 bridgehead atoms. The topological polar surface area (TPSA) is 69.9 Å². The molecule has 0 spiro atoms. The zero-order chi connectivity index (χ0) is 21.7. The van der Waals surface area contributed by atoms with E-state index in [0.717, 1.165) is 11.1 Å². The minimum Gasteiger partial charge on any atom is -0.479 e. The van der Waals surface area contributed by atoms with Crippen LogP contribution in [0.5, 0.6) is 0 Å². The Morgan fingerprint density at radius 2 is 1.67 bits per heavy atom. The molecule has 2 atom stereocenters. The van der Waals surface area contributed by atoms with Gasteiger partial charge in [-0.2, -0.15) is 0 Å². The third-order valence-electron chi connectivity index (χ3n) is 5.27. The summed E-state index contributed by atoms with van der Waals surface area (Å²) < 4.78 is 15.7. The average molecular weight is 426 g/mol. The standard InChI is InChI=1S/C24H21ClFNO3/c1-16(17-8-4-2-5-9-17)24(26,23(28)29)15-22(27-30)19-12-13-20(21(25)14-19)18-10-6-3-7-11-18/h2-14,16,30H,15H2,1H3,(H,28,29)/b27-22-. The second kappa shape index (κ2) is 9.09. The molecule has 0 aromatic heterocycles. The molecule has 0 saturated carbocycles. The molecule has 2 unspecified atom stereocenters. The number of hydrogen-bond donors (Lipinski definition) is 2. The molecule has 6 heteroatoms. The van der Waals surface area contributed by atoms with Crippen molar-refractivity contribution in [2.75, 3.05) is 0 Å². The van der Waals surface area contributed by atoms with Crippen molar-refractivity contribution in [2.24, 2.45) is 5.16 Å². The molecule has 4 nitrogen and oxygen atoms in total. The van der Waals surface area contributed by atoms with Crippen LogP contribution >= 0.6 is 11.6 Å². The van der Waals surface area contributed by atoms with Crippen LogP contribution < -0.4 is 0 Å². The molecule has 0 aliphatic rings. The third kappa shape index (κ3) is 4.36. The van der Waals surface area contributed by atoms with E-state index in [9.17, 15) is 15.1 Å². The van der Waals surface area contributed by atoms with E-state index in [4.69, 9.17) is 11.6 Å². The maximum atomic E-state index is 15.7. The summed E-state index contributed by atoms with van der Waals surface area (Å²) in [5.41, 5.74) is -0.208. The maximum absolute atomic E-state index is 15.7. The van der Waals surface area contributed by atoms with Gasteiger partial charge in [0.1, 0.15) is 0 Å². The van der Waals surface area contributed by atoms with E-state index < -0.39 is 24.0 Å². The first kappa shape index (κ1) is 21.5. The third-order valence-corrected chi connectivity index (χ3v) is 5.59. The second-order valence-corrected chi connectivity index (χ2v) is 7.49. The Morgan fingerprint density at radius 1 is 1.07 bits per heavy atom. The van der Waals surface area contributed by atoms with E-state index in [2.05, 4.69) is 5.16 Å². The molecule has 3 rings (SSSR count). The maximum Gasteiger partial charge on any atom is 0.342 e. The molecule has 3 aromatic rings. The van der Waals surface area contributed by atoms with E-state index in [1.165, 1.54) is 6.92 Å². The molecule has 0 heterocycles. The number of benzene rings is 3. The average Bonchev–Trinajstić information content (AvgIpc) is 2.77. The van der Waals surface area contributed by atoms with Crippen molar-refractivity contribution in [2.45, 2.75) is 24.9 Å². The van der Waals surface area contributed by atoms with Crippen LogP contribution in [0, 0.1) is 0 Å². The van der Waals surface area contributed by atoms with E-state index in [-0.39, 0.29) is 5.71 Å². The highest BCUT2D eigenvalue weighted by Gasteiger charge is 2.46. The van der Waals surface area contributed by atoms with Crippen molar-refractivity contribution < 1.29 is 19.5 Å². The Labute approximate surface area is 179 Å². The summed E-state index contributed by atoms with van der Waals surface area (Å²) in [5.74, 6) is -2.58. The van der Waals surface area contributed by atoms with Gasteiger partial charge in [0, 0.05) is 28.5 Å². The Balaban J connectivity index is 1.93. The van der Waals surface area contributed by atoms with Crippen molar-refractivity contribution >= 4 is 23.3 Å². The highest BCUT2D eigenvalue weighted by molar-refractivity contribution is 6.33. The summed E-state index contributed by atoms with van der Waals surface area (Å²) in [6.07, 6.45) is -0.615. The molecule has 0 amide bonds. The van der Waals surface area contributed by atoms with Gasteiger partial charge in [-0.25, -0.2) is 9.18 Å². The zero-order valence-electron chi connectivity index (χ0n) is 16.3. The van der Waals surface area contributed by atoms with E-state index in [1.807, 2.05) is 30.3 Å². The number of halogens is 2. The molecule has 0 aliphatic carbocycles. The molecular weight excluding hydrogens is 405 g/mol. The van der Waals surface area contributed by atoms with Crippen LogP contribution in [-0.4, -0.2) is 27.7 Å². The van der Waals surface area contributed by atoms with Crippen molar-refractivity contribution in [3.8, 4) is 11.1 Å². The van der Waals surface area contributed by atoms with Gasteiger partial charge < -0.3 is 10.3 Å². The lowest BCUT2D eigenvalue weighted by molar-refractivity contribution is -0.151. The molecule has 3 aromatic carbocycles. The van der Waals surface area contributed by atoms with E-state index in [1.54, 1.807) is 48.5 Å². The monoisotopic (exact) mass is 425 g/mol. The minimum absolute atomic E-state index is 0.0933. The minimum atomic E-state index is -2.67. The summed E-state index contributed by atoms with van der Waals surface area (Å²) in [5, 5.41) is 22.8. The predicted octanol–water partition coefficient (Wildman–Crippen LogP) is 6.17. The van der Waals surface area contributed by atoms with Gasteiger partial charge in [-0.05, 0) is 17.2 Å². The van der Waals surface area contributed by atoms with Gasteiger partial charge in [-0.1, -0.05) is 96.5 Å². The Hall–Kier alpha value is -3.18. The molecule has 0 fully saturated rings. The number of oxime groups is 1. The number of nitrogens with zero attached hydrogens (tertiary/aromatic N) is 1. The number of carboxylic acid groups (broad SMARTS) is 1. The van der Waals surface area contributed by atoms with Crippen LogP contribution in [0.2, 0.25) is 5.02 Å². The number of carbonyl (C=O) groups is 1. The number of rotatable bonds is 7. The number of hydrogen-bond acceptors (Lipinski definition) is 3. The van der Waals surface area contributed by atoms with E-state index in [0.29, 0.717) is 16.1 Å². The Kier molecular flexibility index (Phi) is 6.53. The van der Waals surface area contributed by atoms with Gasteiger partial charge in [0.2, 0.25) is 5.67 Å². The fourth-order valence-electron chi connectivity index (χ4n) is 3.41. The number of carboxylic acids is 1. The van der Waals surface area contributed by atoms with Gasteiger partial charge in [-0.3, -0.25) is 0 Å². The smallest absolute Gasteiger partial charge is 0.342 e. The molecule has 154 valence electrons. The SMILES string of the molecule is CC(c1ccccc1)C(F)(C/C(=N/O)c1ccc(-c2ccccc2)c(Cl)c1)C(=O)O. The van der Waals surface area contributed by atoms with E-state index >= 15 is 4.39 Å². The number of aliphatic carboxylic acids is 1. The van der Waals surface area contributed by atoms with Crippen LogP contribution in [0.3, 0.4) is 0 Å². The quantitative estimate of drug-likeness (QED) is 0.270. The van der Waals surface area contributed by atoms with Gasteiger partial charge in [-0.15, -0.1) is 0 Å². The normalized spacial score (nSPS) is 14.7. The predicted molar refractivity (Wildman–Crippen MR) is 116 cm³/mol. The van der Waals surface area contributed by atoms with Crippen LogP contribution in [0.4, 0.5) is 4.39 Å². The highest BCUT2D eigenvalue weighted by atomic mass is 35.5. The van der Waals surface area contributed by atoms with Crippen molar-refractivity contribution in [1.82, 2.24) is 0 Å². The zero-order valence-corrected chi connectivity index (χ0v) is 17.1. The van der Waals surface area contributed by atoms with Gasteiger partial charge in [0.05, 0.1) is 5.71 Å². The molecular formula is C24H21ClFNO3. The molecule has 30 heavy (non-hydrogen) atoms. The van der Waals surface area contributed by atoms with Crippen molar-refractivity contribution in [1.29, 1.82) is 0 Å². The van der Waals surface area contributed by atoms with Crippen LogP contribution in [0.1, 0.15) is 30.4 Å². The van der Waals surface area contributed by atoms with Gasteiger partial charge in [0.25, 0.3) is 0 Å². The lowest BCUT2D eigenvalue weighted by Gasteiger charge is -2.28. The summed E-state index contributed by atoms with van der Waals surface area (Å²) in [4.78, 5) is 11.9. The van der Waals surface area contributed by atoms with Crippen molar-refractivity contribution in [3.05, 3.63) is 95.0 Å². The lowest BCUT2D eigenvalue weighted by Crippen LogP contribution is -2.41. The second-order valence-electron chi connectivity index (χ2n) is 7.08. The summed E-state index contributed by atoms with van der Waals surface area (Å²) in [6, 6.07) is 22.9. The largest absolute Gasteiger partial charge is 0.479 e. The fraction of sp³-hybridized carbons (Fsp3) is 0.167. The first-order valence-corrected chi connectivity index (χ1v) is 9.78. The molecule has 0 radical (unpaired) electrons. The fourth-order valence-corrected chi connectivity index (χ4v) is 3.69. The molecule has 0 aliphatic heterocycles.